The van der Waals surface area contributed by atoms with Crippen LogP contribution in [0.25, 0.3) is 0 Å². The minimum absolute atomic E-state index is 0.255. The van der Waals surface area contributed by atoms with Gasteiger partial charge in [0.05, 0.1) is 17.5 Å². The monoisotopic (exact) mass is 242 g/mol. The van der Waals surface area contributed by atoms with Gasteiger partial charge in [-0.25, -0.2) is 0 Å². The maximum atomic E-state index is 9.35. The normalized spacial score (nSPS) is 25.8. The average Bonchev–Trinajstić information content (AvgIpc) is 2.40. The van der Waals surface area contributed by atoms with E-state index in [1.165, 1.54) is 0 Å². The molecule has 0 saturated carbocycles. The number of nitrogens with zero attached hydrogens (tertiary/aromatic N) is 2. The lowest BCUT2D eigenvalue weighted by Gasteiger charge is -2.33. The van der Waals surface area contributed by atoms with Crippen LogP contribution in [0.3, 0.4) is 0 Å². The van der Waals surface area contributed by atoms with Crippen LogP contribution in [0.15, 0.2) is 42.5 Å². The molecule has 0 N–H and O–H groups in total. The van der Waals surface area contributed by atoms with Crippen LogP contribution in [-0.2, 0) is 0 Å². The molecule has 0 aliphatic heterocycles. The van der Waals surface area contributed by atoms with Gasteiger partial charge < -0.3 is 0 Å². The Hall–Kier alpha value is -1.77. The third kappa shape index (κ3) is 1.82. The largest absolute Gasteiger partial charge is 0.196 e. The Bertz CT molecular complexity index is 493. The van der Waals surface area contributed by atoms with Gasteiger partial charge in [0, 0.05) is 5.92 Å². The van der Waals surface area contributed by atoms with Crippen molar-refractivity contribution in [3.05, 3.63) is 48.0 Å². The molecule has 0 saturated heterocycles. The van der Waals surface area contributed by atoms with E-state index in [1.807, 2.05) is 42.5 Å². The Kier molecular flexibility index (Phi) is 3.18. The lowest BCUT2D eigenvalue weighted by molar-refractivity contribution is 0.424. The molecule has 0 fully saturated rings. The number of nitriles is 2. The Morgan fingerprint density at radius 2 is 1.82 bits per heavy atom. The quantitative estimate of drug-likeness (QED) is 0.560. The van der Waals surface area contributed by atoms with Gasteiger partial charge in [-0.15, -0.1) is 11.6 Å². The maximum absolute atomic E-state index is 9.35. The molecule has 0 amide bonds. The van der Waals surface area contributed by atoms with E-state index in [-0.39, 0.29) is 5.92 Å². The van der Waals surface area contributed by atoms with E-state index in [4.69, 9.17) is 11.6 Å². The number of halogens is 1. The fourth-order valence-corrected chi connectivity index (χ4v) is 2.54. The molecule has 2 unspecified atom stereocenters. The summed E-state index contributed by atoms with van der Waals surface area (Å²) in [5.74, 6) is -0.255. The predicted octanol–water partition coefficient (Wildman–Crippen LogP) is 3.37. The molecule has 1 aliphatic rings. The SMILES string of the molecule is N#CC1(C#N)C(Cl)CC=CC1c1ccccc1. The standard InChI is InChI=1S/C14H11ClN2/c15-13-8-4-7-12(14(13,9-16)10-17)11-5-2-1-3-6-11/h1-7,12-13H,8H2. The molecular weight excluding hydrogens is 232 g/mol. The van der Waals surface area contributed by atoms with Gasteiger partial charge in [-0.05, 0) is 12.0 Å². The Morgan fingerprint density at radius 1 is 1.18 bits per heavy atom. The van der Waals surface area contributed by atoms with Crippen LogP contribution in [-0.4, -0.2) is 5.38 Å². The van der Waals surface area contributed by atoms with Crippen molar-refractivity contribution in [1.29, 1.82) is 10.5 Å². The van der Waals surface area contributed by atoms with Crippen LogP contribution < -0.4 is 0 Å². The van der Waals surface area contributed by atoms with Crippen LogP contribution in [0.1, 0.15) is 17.9 Å². The third-order valence-corrected chi connectivity index (χ3v) is 3.71. The molecular formula is C14H11ClN2. The zero-order chi connectivity index (χ0) is 12.3. The summed E-state index contributed by atoms with van der Waals surface area (Å²) in [5, 5.41) is 18.2. The molecule has 2 nitrogen and oxygen atoms in total. The van der Waals surface area contributed by atoms with Gasteiger partial charge in [-0.3, -0.25) is 0 Å². The van der Waals surface area contributed by atoms with Crippen molar-refractivity contribution in [1.82, 2.24) is 0 Å². The molecule has 1 aromatic rings. The molecule has 2 rings (SSSR count). The fraction of sp³-hybridized carbons (Fsp3) is 0.286. The summed E-state index contributed by atoms with van der Waals surface area (Å²) in [6.07, 6.45) is 4.43. The summed E-state index contributed by atoms with van der Waals surface area (Å²) in [6, 6.07) is 13.8. The van der Waals surface area contributed by atoms with Gasteiger partial charge in [0.2, 0.25) is 0 Å². The molecule has 0 radical (unpaired) electrons. The highest BCUT2D eigenvalue weighted by atomic mass is 35.5. The van der Waals surface area contributed by atoms with Crippen LogP contribution >= 0.6 is 11.6 Å². The van der Waals surface area contributed by atoms with Gasteiger partial charge in [0.15, 0.2) is 5.41 Å². The summed E-state index contributed by atoms with van der Waals surface area (Å²) < 4.78 is 0. The highest BCUT2D eigenvalue weighted by Gasteiger charge is 2.47. The van der Waals surface area contributed by atoms with Crippen molar-refractivity contribution in [2.75, 3.05) is 0 Å². The summed E-state index contributed by atoms with van der Waals surface area (Å²) in [7, 11) is 0. The molecule has 1 aliphatic carbocycles. The Balaban J connectivity index is 2.53. The first-order valence-corrected chi connectivity index (χ1v) is 5.86. The first-order chi connectivity index (χ1) is 8.24. The lowest BCUT2D eigenvalue weighted by atomic mass is 9.68. The summed E-state index contributed by atoms with van der Waals surface area (Å²) in [6.45, 7) is 0. The lowest BCUT2D eigenvalue weighted by Crippen LogP contribution is -2.36. The van der Waals surface area contributed by atoms with E-state index in [9.17, 15) is 10.5 Å². The number of allylic oxidation sites excluding steroid dienone is 2. The minimum Gasteiger partial charge on any atom is -0.196 e. The van der Waals surface area contributed by atoms with Crippen LogP contribution in [0.5, 0.6) is 0 Å². The highest BCUT2D eigenvalue weighted by molar-refractivity contribution is 6.21. The molecule has 2 atom stereocenters. The fourth-order valence-electron chi connectivity index (χ4n) is 2.21. The smallest absolute Gasteiger partial charge is 0.170 e. The van der Waals surface area contributed by atoms with Crippen LogP contribution in [0.4, 0.5) is 0 Å². The molecule has 1 aromatic carbocycles. The molecule has 0 heterocycles. The second-order valence-electron chi connectivity index (χ2n) is 4.11. The maximum Gasteiger partial charge on any atom is 0.170 e. The van der Waals surface area contributed by atoms with Crippen LogP contribution in [0, 0.1) is 28.1 Å². The number of rotatable bonds is 1. The molecule has 84 valence electrons. The van der Waals surface area contributed by atoms with Crippen molar-refractivity contribution in [2.24, 2.45) is 5.41 Å². The topological polar surface area (TPSA) is 47.6 Å². The Labute approximate surface area is 106 Å². The van der Waals surface area contributed by atoms with Gasteiger partial charge in [0.25, 0.3) is 0 Å². The average molecular weight is 243 g/mol. The van der Waals surface area contributed by atoms with E-state index in [2.05, 4.69) is 12.1 Å². The Morgan fingerprint density at radius 3 is 2.41 bits per heavy atom. The zero-order valence-electron chi connectivity index (χ0n) is 9.18. The summed E-state index contributed by atoms with van der Waals surface area (Å²) in [4.78, 5) is 0. The number of alkyl halides is 1. The van der Waals surface area contributed by atoms with E-state index in [1.54, 1.807) is 0 Å². The summed E-state index contributed by atoms with van der Waals surface area (Å²) >= 11 is 6.19. The van der Waals surface area contributed by atoms with Crippen molar-refractivity contribution in [3.63, 3.8) is 0 Å². The zero-order valence-corrected chi connectivity index (χ0v) is 9.93. The van der Waals surface area contributed by atoms with E-state index in [0.717, 1.165) is 5.56 Å². The molecule has 17 heavy (non-hydrogen) atoms. The van der Waals surface area contributed by atoms with Crippen molar-refractivity contribution < 1.29 is 0 Å². The second-order valence-corrected chi connectivity index (χ2v) is 4.64. The number of hydrogen-bond acceptors (Lipinski definition) is 2. The number of benzene rings is 1. The summed E-state index contributed by atoms with van der Waals surface area (Å²) in [5.41, 5.74) is -0.213. The molecule has 3 heteroatoms. The van der Waals surface area contributed by atoms with Crippen molar-refractivity contribution in [2.45, 2.75) is 17.7 Å². The van der Waals surface area contributed by atoms with Gasteiger partial charge in [0.1, 0.15) is 0 Å². The second kappa shape index (κ2) is 4.62. The molecule has 0 bridgehead atoms. The first-order valence-electron chi connectivity index (χ1n) is 5.43. The number of hydrogen-bond donors (Lipinski definition) is 0. The third-order valence-electron chi connectivity index (χ3n) is 3.18. The van der Waals surface area contributed by atoms with Gasteiger partial charge in [-0.1, -0.05) is 42.5 Å². The van der Waals surface area contributed by atoms with E-state index >= 15 is 0 Å². The highest BCUT2D eigenvalue weighted by Crippen LogP contribution is 2.45. The van der Waals surface area contributed by atoms with Crippen LogP contribution in [0.2, 0.25) is 0 Å². The van der Waals surface area contributed by atoms with Crippen molar-refractivity contribution >= 4 is 11.6 Å². The van der Waals surface area contributed by atoms with E-state index in [0.29, 0.717) is 6.42 Å². The first kappa shape index (κ1) is 11.7. The van der Waals surface area contributed by atoms with Crippen molar-refractivity contribution in [3.8, 4) is 12.1 Å². The molecule has 0 aromatic heterocycles. The predicted molar refractivity (Wildman–Crippen MR) is 66.2 cm³/mol. The van der Waals surface area contributed by atoms with E-state index < -0.39 is 10.8 Å². The van der Waals surface area contributed by atoms with Gasteiger partial charge in [-0.2, -0.15) is 10.5 Å². The molecule has 0 spiro atoms. The van der Waals surface area contributed by atoms with Gasteiger partial charge >= 0.3 is 0 Å². The minimum atomic E-state index is -1.17.